The van der Waals surface area contributed by atoms with E-state index in [2.05, 4.69) is 31.0 Å². The van der Waals surface area contributed by atoms with E-state index in [9.17, 15) is 5.11 Å². The average Bonchev–Trinajstić information content (AvgIpc) is 2.73. The minimum absolute atomic E-state index is 0.155. The van der Waals surface area contributed by atoms with Gasteiger partial charge in [0.2, 0.25) is 0 Å². The van der Waals surface area contributed by atoms with Crippen molar-refractivity contribution in [3.8, 4) is 0 Å². The van der Waals surface area contributed by atoms with E-state index in [-0.39, 0.29) is 12.1 Å². The maximum absolute atomic E-state index is 9.40. The Morgan fingerprint density at radius 2 is 2.00 bits per heavy atom. The Morgan fingerprint density at radius 3 is 2.38 bits per heavy atom. The molecule has 1 atom stereocenters. The molecule has 1 rings (SSSR count). The van der Waals surface area contributed by atoms with Crippen LogP contribution in [0.3, 0.4) is 0 Å². The highest BCUT2D eigenvalue weighted by Gasteiger charge is 2.37. The van der Waals surface area contributed by atoms with Crippen molar-refractivity contribution in [2.45, 2.75) is 45.6 Å². The van der Waals surface area contributed by atoms with Crippen LogP contribution in [0.15, 0.2) is 0 Å². The van der Waals surface area contributed by atoms with Crippen molar-refractivity contribution in [1.29, 1.82) is 0 Å². The summed E-state index contributed by atoms with van der Waals surface area (Å²) in [5.41, 5.74) is 0.377. The third kappa shape index (κ3) is 2.96. The molecule has 0 aromatic carbocycles. The van der Waals surface area contributed by atoms with E-state index in [0.717, 1.165) is 6.54 Å². The van der Waals surface area contributed by atoms with Crippen LogP contribution in [0.1, 0.15) is 40.0 Å². The molecule has 0 radical (unpaired) electrons. The number of rotatable bonds is 6. The van der Waals surface area contributed by atoms with E-state index in [1.165, 1.54) is 32.4 Å². The van der Waals surface area contributed by atoms with Crippen LogP contribution >= 0.6 is 0 Å². The molecule has 3 heteroatoms. The first kappa shape index (κ1) is 13.9. The first-order valence-corrected chi connectivity index (χ1v) is 6.55. The Kier molecular flexibility index (Phi) is 4.77. The molecule has 96 valence electrons. The average molecular weight is 228 g/mol. The highest BCUT2D eigenvalue weighted by Crippen LogP contribution is 2.37. The summed E-state index contributed by atoms with van der Waals surface area (Å²) in [6.07, 6.45) is 3.86. The van der Waals surface area contributed by atoms with E-state index >= 15 is 0 Å². The van der Waals surface area contributed by atoms with E-state index in [0.29, 0.717) is 5.41 Å². The molecular weight excluding hydrogens is 200 g/mol. The molecule has 1 aliphatic heterocycles. The van der Waals surface area contributed by atoms with Crippen molar-refractivity contribution in [1.82, 2.24) is 10.2 Å². The summed E-state index contributed by atoms with van der Waals surface area (Å²) < 4.78 is 0. The monoisotopic (exact) mass is 228 g/mol. The summed E-state index contributed by atoms with van der Waals surface area (Å²) in [7, 11) is 1.93. The predicted octanol–water partition coefficient (Wildman–Crippen LogP) is 1.47. The van der Waals surface area contributed by atoms with Crippen LogP contribution in [-0.4, -0.2) is 48.8 Å². The van der Waals surface area contributed by atoms with Crippen molar-refractivity contribution in [2.75, 3.05) is 33.3 Å². The minimum atomic E-state index is -0.155. The molecule has 1 saturated heterocycles. The standard InChI is InChI=1S/C13H28N2O/c1-5-13(6-2)7-8-15(10-13)9-12(3,11-16)14-4/h14,16H,5-11H2,1-4H3. The lowest BCUT2D eigenvalue weighted by Gasteiger charge is -2.33. The van der Waals surface area contributed by atoms with Crippen LogP contribution in [0.2, 0.25) is 0 Å². The van der Waals surface area contributed by atoms with Gasteiger partial charge >= 0.3 is 0 Å². The normalized spacial score (nSPS) is 24.6. The van der Waals surface area contributed by atoms with Crippen LogP contribution in [0.4, 0.5) is 0 Å². The van der Waals surface area contributed by atoms with E-state index in [4.69, 9.17) is 0 Å². The number of nitrogens with zero attached hydrogens (tertiary/aromatic N) is 1. The topological polar surface area (TPSA) is 35.5 Å². The Morgan fingerprint density at radius 1 is 1.38 bits per heavy atom. The Balaban J connectivity index is 2.53. The van der Waals surface area contributed by atoms with Crippen molar-refractivity contribution < 1.29 is 5.11 Å². The van der Waals surface area contributed by atoms with Gasteiger partial charge in [-0.05, 0) is 45.2 Å². The zero-order valence-electron chi connectivity index (χ0n) is 11.3. The molecule has 0 aliphatic carbocycles. The third-order valence-corrected chi connectivity index (χ3v) is 4.54. The summed E-state index contributed by atoms with van der Waals surface area (Å²) in [5, 5.41) is 12.6. The van der Waals surface area contributed by atoms with Gasteiger partial charge in [0.1, 0.15) is 0 Å². The molecule has 1 fully saturated rings. The number of likely N-dealkylation sites (N-methyl/N-ethyl adjacent to an activating group) is 1. The number of hydrogen-bond acceptors (Lipinski definition) is 3. The fourth-order valence-electron chi connectivity index (χ4n) is 2.69. The summed E-state index contributed by atoms with van der Waals surface area (Å²) in [5.74, 6) is 0. The molecule has 1 aliphatic rings. The van der Waals surface area contributed by atoms with Gasteiger partial charge in [0.25, 0.3) is 0 Å². The van der Waals surface area contributed by atoms with Gasteiger partial charge in [0.15, 0.2) is 0 Å². The largest absolute Gasteiger partial charge is 0.394 e. The van der Waals surface area contributed by atoms with Gasteiger partial charge in [-0.3, -0.25) is 0 Å². The smallest absolute Gasteiger partial charge is 0.0623 e. The zero-order valence-corrected chi connectivity index (χ0v) is 11.3. The maximum atomic E-state index is 9.40. The van der Waals surface area contributed by atoms with Crippen molar-refractivity contribution in [3.05, 3.63) is 0 Å². The molecule has 0 amide bonds. The minimum Gasteiger partial charge on any atom is -0.394 e. The molecule has 2 N–H and O–H groups in total. The Labute approximate surface area is 100 Å². The van der Waals surface area contributed by atoms with E-state index in [1.807, 2.05) is 7.05 Å². The second-order valence-electron chi connectivity index (χ2n) is 5.64. The van der Waals surface area contributed by atoms with Crippen molar-refractivity contribution in [2.24, 2.45) is 5.41 Å². The summed E-state index contributed by atoms with van der Waals surface area (Å²) in [6.45, 7) is 10.2. The van der Waals surface area contributed by atoms with Crippen molar-refractivity contribution >= 4 is 0 Å². The third-order valence-electron chi connectivity index (χ3n) is 4.54. The molecular formula is C13H28N2O. The molecule has 0 spiro atoms. The number of aliphatic hydroxyl groups is 1. The van der Waals surface area contributed by atoms with Crippen LogP contribution in [0, 0.1) is 5.41 Å². The summed E-state index contributed by atoms with van der Waals surface area (Å²) in [4.78, 5) is 2.50. The van der Waals surface area contributed by atoms with Gasteiger partial charge in [-0.1, -0.05) is 13.8 Å². The van der Waals surface area contributed by atoms with Crippen LogP contribution < -0.4 is 5.32 Å². The van der Waals surface area contributed by atoms with Gasteiger partial charge in [0, 0.05) is 13.1 Å². The van der Waals surface area contributed by atoms with Crippen molar-refractivity contribution in [3.63, 3.8) is 0 Å². The molecule has 0 bridgehead atoms. The SMILES string of the molecule is CCC1(CC)CCN(CC(C)(CO)NC)C1. The van der Waals surface area contributed by atoms with Crippen LogP contribution in [0.5, 0.6) is 0 Å². The Bertz CT molecular complexity index is 210. The lowest BCUT2D eigenvalue weighted by atomic mass is 9.82. The van der Waals surface area contributed by atoms with E-state index in [1.54, 1.807) is 0 Å². The molecule has 0 aromatic heterocycles. The van der Waals surface area contributed by atoms with Gasteiger partial charge in [0.05, 0.1) is 12.1 Å². The Hall–Kier alpha value is -0.120. The predicted molar refractivity (Wildman–Crippen MR) is 68.6 cm³/mol. The first-order chi connectivity index (χ1) is 7.53. The highest BCUT2D eigenvalue weighted by molar-refractivity contribution is 4.93. The second kappa shape index (κ2) is 5.48. The second-order valence-corrected chi connectivity index (χ2v) is 5.64. The van der Waals surface area contributed by atoms with Gasteiger partial charge in [-0.25, -0.2) is 0 Å². The fourth-order valence-corrected chi connectivity index (χ4v) is 2.69. The molecule has 0 aromatic rings. The van der Waals surface area contributed by atoms with Gasteiger partial charge in [-0.15, -0.1) is 0 Å². The molecule has 1 heterocycles. The van der Waals surface area contributed by atoms with Crippen LogP contribution in [0.25, 0.3) is 0 Å². The summed E-state index contributed by atoms with van der Waals surface area (Å²) >= 11 is 0. The number of hydrogen-bond donors (Lipinski definition) is 2. The number of likely N-dealkylation sites (tertiary alicyclic amines) is 1. The molecule has 3 nitrogen and oxygen atoms in total. The maximum Gasteiger partial charge on any atom is 0.0623 e. The van der Waals surface area contributed by atoms with Crippen LogP contribution in [-0.2, 0) is 0 Å². The molecule has 16 heavy (non-hydrogen) atoms. The molecule has 1 unspecified atom stereocenters. The van der Waals surface area contributed by atoms with Gasteiger partial charge < -0.3 is 15.3 Å². The molecule has 0 saturated carbocycles. The summed E-state index contributed by atoms with van der Waals surface area (Å²) in [6, 6.07) is 0. The first-order valence-electron chi connectivity index (χ1n) is 6.55. The highest BCUT2D eigenvalue weighted by atomic mass is 16.3. The lowest BCUT2D eigenvalue weighted by Crippen LogP contribution is -2.52. The zero-order chi connectivity index (χ0) is 12.2. The quantitative estimate of drug-likeness (QED) is 0.722. The van der Waals surface area contributed by atoms with E-state index < -0.39 is 0 Å². The number of aliphatic hydroxyl groups excluding tert-OH is 1. The van der Waals surface area contributed by atoms with Gasteiger partial charge in [-0.2, -0.15) is 0 Å². The fraction of sp³-hybridized carbons (Fsp3) is 1.00. The number of nitrogens with one attached hydrogen (secondary N) is 1. The lowest BCUT2D eigenvalue weighted by molar-refractivity contribution is 0.129.